The van der Waals surface area contributed by atoms with Crippen LogP contribution in [0.4, 0.5) is 11.4 Å². The topological polar surface area (TPSA) is 124 Å². The lowest BCUT2D eigenvalue weighted by atomic mass is 9.63. The third-order valence-electron chi connectivity index (χ3n) is 7.72. The van der Waals surface area contributed by atoms with Gasteiger partial charge in [-0.2, -0.15) is 0 Å². The lowest BCUT2D eigenvalue weighted by Gasteiger charge is -2.37. The van der Waals surface area contributed by atoms with Crippen molar-refractivity contribution in [2.75, 3.05) is 11.5 Å². The molecule has 1 heterocycles. The molecule has 7 rings (SSSR count). The van der Waals surface area contributed by atoms with Crippen molar-refractivity contribution < 1.29 is 28.8 Å². The third kappa shape index (κ3) is 3.30. The van der Waals surface area contributed by atoms with Crippen molar-refractivity contribution in [2.24, 2.45) is 35.5 Å². The van der Waals surface area contributed by atoms with Crippen molar-refractivity contribution in [1.29, 1.82) is 0 Å². The molecule has 0 radical (unpaired) electrons. The number of Topliss-reactive ketones (excluding diaryl/α,β-unsaturated/α-hetero) is 1. The van der Waals surface area contributed by atoms with E-state index in [1.165, 1.54) is 35.2 Å². The van der Waals surface area contributed by atoms with Gasteiger partial charge in [-0.05, 0) is 48.3 Å². The van der Waals surface area contributed by atoms with Gasteiger partial charge in [0.05, 0.1) is 28.0 Å². The third-order valence-corrected chi connectivity index (χ3v) is 7.72. The summed E-state index contributed by atoms with van der Waals surface area (Å²) in [5, 5.41) is 10.9. The molecule has 9 heteroatoms. The lowest BCUT2D eigenvalue weighted by molar-refractivity contribution is -0.384. The molecule has 0 N–H and O–H groups in total. The molecule has 0 aromatic heterocycles. The maximum Gasteiger partial charge on any atom is 0.338 e. The summed E-state index contributed by atoms with van der Waals surface area (Å²) in [6.45, 7) is -0.603. The van der Waals surface area contributed by atoms with Gasteiger partial charge in [0.25, 0.3) is 5.69 Å². The number of benzene rings is 2. The van der Waals surface area contributed by atoms with E-state index in [1.807, 2.05) is 0 Å². The highest BCUT2D eigenvalue weighted by atomic mass is 16.6. The van der Waals surface area contributed by atoms with Crippen LogP contribution in [0.1, 0.15) is 27.1 Å². The van der Waals surface area contributed by atoms with Crippen molar-refractivity contribution >= 4 is 34.9 Å². The zero-order valence-electron chi connectivity index (χ0n) is 18.4. The minimum atomic E-state index is -0.801. The van der Waals surface area contributed by atoms with Crippen LogP contribution in [0.2, 0.25) is 0 Å². The minimum absolute atomic E-state index is 0.0536. The molecule has 4 aliphatic carbocycles. The highest BCUT2D eigenvalue weighted by molar-refractivity contribution is 6.23. The summed E-state index contributed by atoms with van der Waals surface area (Å²) in [5.41, 5.74) is 0.213. The van der Waals surface area contributed by atoms with Gasteiger partial charge < -0.3 is 4.74 Å². The second-order valence-corrected chi connectivity index (χ2v) is 9.52. The number of carbonyl (C=O) groups is 4. The first-order valence-corrected chi connectivity index (χ1v) is 11.5. The zero-order chi connectivity index (χ0) is 24.4. The molecule has 2 bridgehead atoms. The molecule has 0 unspecified atom stereocenters. The Bertz CT molecular complexity index is 1310. The number of ether oxygens (including phenoxy) is 1. The molecule has 6 atom stereocenters. The number of hydrogen-bond acceptors (Lipinski definition) is 7. The van der Waals surface area contributed by atoms with Crippen LogP contribution >= 0.6 is 0 Å². The van der Waals surface area contributed by atoms with Crippen LogP contribution in [0.25, 0.3) is 0 Å². The largest absolute Gasteiger partial charge is 0.454 e. The molecule has 2 aromatic rings. The number of nitro groups is 1. The van der Waals surface area contributed by atoms with Gasteiger partial charge in [-0.1, -0.05) is 30.4 Å². The number of hydrogen-bond donors (Lipinski definition) is 0. The summed E-state index contributed by atoms with van der Waals surface area (Å²) >= 11 is 0. The monoisotopic (exact) mass is 472 g/mol. The molecule has 1 saturated heterocycles. The first-order chi connectivity index (χ1) is 16.8. The molecule has 2 aromatic carbocycles. The molecule has 1 aliphatic heterocycles. The maximum atomic E-state index is 13.3. The molecule has 2 amide bonds. The fourth-order valence-corrected chi connectivity index (χ4v) is 6.07. The van der Waals surface area contributed by atoms with Crippen LogP contribution < -0.4 is 4.90 Å². The molecule has 3 fully saturated rings. The fraction of sp³-hybridized carbons (Fsp3) is 0.308. The standard InChI is InChI=1S/C26H20N2O7/c29-21(13-3-1-6-16(9-13)28(33)34)12-35-26(32)14-4-2-5-15(10-14)27-24(30)22-17-7-8-18(20-11-19(17)20)23(22)25(27)31/h1-10,17-20,22-23H,11-12H2/t17-,18-,19-,20-,22+,23+/m0/s1. The van der Waals surface area contributed by atoms with Crippen molar-refractivity contribution in [3.8, 4) is 0 Å². The highest BCUT2D eigenvalue weighted by Gasteiger charge is 2.67. The van der Waals surface area contributed by atoms with Crippen LogP contribution in [-0.4, -0.2) is 35.1 Å². The second kappa shape index (κ2) is 7.69. The normalized spacial score (nSPS) is 29.5. The fourth-order valence-electron chi connectivity index (χ4n) is 6.07. The van der Waals surface area contributed by atoms with Gasteiger partial charge >= 0.3 is 5.97 Å². The van der Waals surface area contributed by atoms with E-state index in [1.54, 1.807) is 12.1 Å². The number of imide groups is 1. The Kier molecular flexibility index (Phi) is 4.70. The van der Waals surface area contributed by atoms with E-state index in [9.17, 15) is 29.3 Å². The molecule has 0 spiro atoms. The number of amides is 2. The number of nitrogens with zero attached hydrogens (tertiary/aromatic N) is 2. The van der Waals surface area contributed by atoms with Gasteiger partial charge in [-0.3, -0.25) is 24.5 Å². The number of rotatable bonds is 6. The van der Waals surface area contributed by atoms with E-state index < -0.39 is 23.3 Å². The van der Waals surface area contributed by atoms with Crippen LogP contribution in [0, 0.1) is 45.6 Å². The van der Waals surface area contributed by atoms with E-state index in [-0.39, 0.29) is 52.3 Å². The number of nitro benzene ring substituents is 1. The Hall–Kier alpha value is -4.14. The van der Waals surface area contributed by atoms with Crippen molar-refractivity contribution in [1.82, 2.24) is 0 Å². The van der Waals surface area contributed by atoms with Gasteiger partial charge in [0.15, 0.2) is 6.61 Å². The molecule has 35 heavy (non-hydrogen) atoms. The number of ketones is 1. The summed E-state index contributed by atoms with van der Waals surface area (Å²) in [7, 11) is 0. The summed E-state index contributed by atoms with van der Waals surface area (Å²) in [5.74, 6) is -1.34. The Morgan fingerprint density at radius 1 is 0.943 bits per heavy atom. The van der Waals surface area contributed by atoms with Crippen molar-refractivity contribution in [3.05, 3.63) is 81.9 Å². The predicted octanol–water partition coefficient (Wildman–Crippen LogP) is 3.19. The van der Waals surface area contributed by atoms with Crippen LogP contribution in [0.5, 0.6) is 0 Å². The molecule has 176 valence electrons. The summed E-state index contributed by atoms with van der Waals surface area (Å²) in [6, 6.07) is 11.2. The van der Waals surface area contributed by atoms with Crippen LogP contribution in [-0.2, 0) is 14.3 Å². The predicted molar refractivity (Wildman–Crippen MR) is 121 cm³/mol. The summed E-state index contributed by atoms with van der Waals surface area (Å²) < 4.78 is 5.12. The Labute approximate surface area is 199 Å². The Morgan fingerprint density at radius 2 is 1.57 bits per heavy atom. The summed E-state index contributed by atoms with van der Waals surface area (Å²) in [4.78, 5) is 63.1. The molecule has 9 nitrogen and oxygen atoms in total. The zero-order valence-corrected chi connectivity index (χ0v) is 18.4. The van der Waals surface area contributed by atoms with Crippen LogP contribution in [0.3, 0.4) is 0 Å². The van der Waals surface area contributed by atoms with Gasteiger partial charge in [-0.25, -0.2) is 9.69 Å². The maximum absolute atomic E-state index is 13.3. The molecule has 5 aliphatic rings. The number of allylic oxidation sites excluding steroid dienone is 2. The molecule has 2 saturated carbocycles. The van der Waals surface area contributed by atoms with Crippen molar-refractivity contribution in [3.63, 3.8) is 0 Å². The van der Waals surface area contributed by atoms with Crippen molar-refractivity contribution in [2.45, 2.75) is 6.42 Å². The smallest absolute Gasteiger partial charge is 0.338 e. The van der Waals surface area contributed by atoms with Gasteiger partial charge in [0.2, 0.25) is 17.6 Å². The van der Waals surface area contributed by atoms with Gasteiger partial charge in [-0.15, -0.1) is 0 Å². The second-order valence-electron chi connectivity index (χ2n) is 9.52. The molecular formula is C26H20N2O7. The SMILES string of the molecule is O=C(COC(=O)c1cccc(N2C(=O)[C@@H]3[C@H]4C=C[C@@H]([C@@H]5C[C@@H]45)[C@H]3C2=O)c1)c1cccc([N+](=O)[O-])c1. The Balaban J connectivity index is 1.17. The van der Waals surface area contributed by atoms with E-state index in [0.717, 1.165) is 12.5 Å². The van der Waals surface area contributed by atoms with Crippen LogP contribution in [0.15, 0.2) is 60.7 Å². The van der Waals surface area contributed by atoms with Gasteiger partial charge in [0, 0.05) is 17.7 Å². The first kappa shape index (κ1) is 21.4. The summed E-state index contributed by atoms with van der Waals surface area (Å²) in [6.07, 6.45) is 5.27. The van der Waals surface area contributed by atoms with Gasteiger partial charge in [0.1, 0.15) is 0 Å². The van der Waals surface area contributed by atoms with E-state index in [4.69, 9.17) is 4.74 Å². The highest BCUT2D eigenvalue weighted by Crippen LogP contribution is 2.65. The average molecular weight is 472 g/mol. The van der Waals surface area contributed by atoms with E-state index >= 15 is 0 Å². The number of anilines is 1. The minimum Gasteiger partial charge on any atom is -0.454 e. The Morgan fingerprint density at radius 3 is 2.23 bits per heavy atom. The number of carbonyl (C=O) groups excluding carboxylic acids is 4. The van der Waals surface area contributed by atoms with E-state index in [0.29, 0.717) is 17.5 Å². The lowest BCUT2D eigenvalue weighted by Crippen LogP contribution is -2.40. The average Bonchev–Trinajstić information content (AvgIpc) is 3.65. The number of esters is 1. The first-order valence-electron chi connectivity index (χ1n) is 11.5. The van der Waals surface area contributed by atoms with E-state index in [2.05, 4.69) is 12.2 Å². The quantitative estimate of drug-likeness (QED) is 0.158. The molecular weight excluding hydrogens is 452 g/mol. The number of non-ortho nitro benzene ring substituents is 1.